The molecule has 0 saturated heterocycles. The van der Waals surface area contributed by atoms with Crippen molar-refractivity contribution in [3.63, 3.8) is 0 Å². The van der Waals surface area contributed by atoms with Crippen molar-refractivity contribution in [3.8, 4) is 17.1 Å². The number of ether oxygens (including phenoxy) is 1. The van der Waals surface area contributed by atoms with Crippen molar-refractivity contribution in [2.24, 2.45) is 0 Å². The van der Waals surface area contributed by atoms with E-state index in [1.165, 1.54) is 12.5 Å². The third-order valence-corrected chi connectivity index (χ3v) is 4.40. The van der Waals surface area contributed by atoms with Gasteiger partial charge in [0.2, 0.25) is 5.91 Å². The molecular weight excluding hydrogens is 352 g/mol. The van der Waals surface area contributed by atoms with Gasteiger partial charge in [-0.25, -0.2) is 4.98 Å². The van der Waals surface area contributed by atoms with E-state index in [4.69, 9.17) is 9.15 Å². The normalized spacial score (nSPS) is 11.0. The van der Waals surface area contributed by atoms with Crippen molar-refractivity contribution >= 4 is 28.4 Å². The summed E-state index contributed by atoms with van der Waals surface area (Å²) in [6.45, 7) is 0. The molecule has 0 bridgehead atoms. The van der Waals surface area contributed by atoms with Gasteiger partial charge in [0.15, 0.2) is 12.2 Å². The number of fused-ring (bicyclic) bond motifs is 1. The molecule has 0 radical (unpaired) electrons. The first-order valence-corrected chi connectivity index (χ1v) is 8.78. The molecule has 0 atom stereocenters. The molecule has 0 fully saturated rings. The Balaban J connectivity index is 1.53. The number of carbonyl (C=O) groups excluding carboxylic acids is 1. The number of nitrogens with one attached hydrogen (secondary N) is 1. The fourth-order valence-electron chi connectivity index (χ4n) is 3.07. The number of benzene rings is 3. The first-order valence-electron chi connectivity index (χ1n) is 8.78. The lowest BCUT2D eigenvalue weighted by molar-refractivity contribution is -0.111. The summed E-state index contributed by atoms with van der Waals surface area (Å²) in [6, 6.07) is 19.5. The summed E-state index contributed by atoms with van der Waals surface area (Å²) in [4.78, 5) is 16.3. The van der Waals surface area contributed by atoms with Gasteiger partial charge in [0.1, 0.15) is 5.75 Å². The second kappa shape index (κ2) is 7.80. The molecule has 0 saturated carbocycles. The zero-order valence-corrected chi connectivity index (χ0v) is 15.3. The van der Waals surface area contributed by atoms with Gasteiger partial charge in [0.25, 0.3) is 0 Å². The molecule has 4 aromatic rings. The zero-order chi connectivity index (χ0) is 19.3. The second-order valence-electron chi connectivity index (χ2n) is 6.17. The Labute approximate surface area is 162 Å². The van der Waals surface area contributed by atoms with E-state index in [1.807, 2.05) is 42.5 Å². The van der Waals surface area contributed by atoms with E-state index in [2.05, 4.69) is 22.4 Å². The molecule has 28 heavy (non-hydrogen) atoms. The van der Waals surface area contributed by atoms with Crippen LogP contribution in [0.5, 0.6) is 5.75 Å². The first kappa shape index (κ1) is 17.5. The molecule has 1 N–H and O–H groups in total. The van der Waals surface area contributed by atoms with Crippen LogP contribution in [0.3, 0.4) is 0 Å². The van der Waals surface area contributed by atoms with E-state index < -0.39 is 0 Å². The van der Waals surface area contributed by atoms with Crippen LogP contribution in [0.1, 0.15) is 5.56 Å². The minimum Gasteiger partial charge on any atom is -0.496 e. The number of oxazole rings is 1. The van der Waals surface area contributed by atoms with E-state index in [1.54, 1.807) is 25.4 Å². The molecular formula is C23H18N2O3. The number of rotatable bonds is 5. The molecule has 4 rings (SSSR count). The maximum absolute atomic E-state index is 12.4. The third-order valence-electron chi connectivity index (χ3n) is 4.40. The Morgan fingerprint density at radius 1 is 1.11 bits per heavy atom. The summed E-state index contributed by atoms with van der Waals surface area (Å²) in [5, 5.41) is 5.10. The molecule has 3 aromatic carbocycles. The van der Waals surface area contributed by atoms with Crippen molar-refractivity contribution in [2.45, 2.75) is 0 Å². The third kappa shape index (κ3) is 3.64. The largest absolute Gasteiger partial charge is 0.496 e. The second-order valence-corrected chi connectivity index (χ2v) is 6.17. The molecule has 0 spiro atoms. The fraction of sp³-hybridized carbons (Fsp3) is 0.0435. The predicted molar refractivity (Wildman–Crippen MR) is 110 cm³/mol. The Hall–Kier alpha value is -3.86. The van der Waals surface area contributed by atoms with Crippen LogP contribution >= 0.6 is 0 Å². The summed E-state index contributed by atoms with van der Waals surface area (Å²) < 4.78 is 10.7. The summed E-state index contributed by atoms with van der Waals surface area (Å²) in [5.41, 5.74) is 2.39. The number of carbonyl (C=O) groups is 1. The Kier molecular flexibility index (Phi) is 4.89. The molecule has 1 heterocycles. The Morgan fingerprint density at radius 3 is 2.79 bits per heavy atom. The minimum atomic E-state index is -0.220. The van der Waals surface area contributed by atoms with E-state index in [-0.39, 0.29) is 5.91 Å². The van der Waals surface area contributed by atoms with Crippen molar-refractivity contribution in [1.29, 1.82) is 0 Å². The monoisotopic (exact) mass is 370 g/mol. The summed E-state index contributed by atoms with van der Waals surface area (Å²) in [5.74, 6) is 0.973. The minimum absolute atomic E-state index is 0.220. The van der Waals surface area contributed by atoms with Crippen LogP contribution in [0.2, 0.25) is 0 Å². The van der Waals surface area contributed by atoms with Gasteiger partial charge in [-0.2, -0.15) is 0 Å². The first-order chi connectivity index (χ1) is 13.7. The number of hydrogen-bond donors (Lipinski definition) is 1. The van der Waals surface area contributed by atoms with E-state index in [0.29, 0.717) is 17.2 Å². The highest BCUT2D eigenvalue weighted by atomic mass is 16.5. The average Bonchev–Trinajstić information content (AvgIpc) is 3.26. The molecule has 138 valence electrons. The van der Waals surface area contributed by atoms with Gasteiger partial charge in [-0.05, 0) is 34.5 Å². The molecule has 5 heteroatoms. The van der Waals surface area contributed by atoms with Gasteiger partial charge in [-0.3, -0.25) is 4.79 Å². The Morgan fingerprint density at radius 2 is 1.96 bits per heavy atom. The molecule has 1 aromatic heterocycles. The topological polar surface area (TPSA) is 64.4 Å². The van der Waals surface area contributed by atoms with Crippen molar-refractivity contribution in [2.75, 3.05) is 12.4 Å². The fourth-order valence-corrected chi connectivity index (χ4v) is 3.07. The molecule has 1 amide bonds. The Bertz CT molecular complexity index is 1140. The molecule has 0 aliphatic rings. The van der Waals surface area contributed by atoms with Gasteiger partial charge >= 0.3 is 0 Å². The highest BCUT2D eigenvalue weighted by Crippen LogP contribution is 2.32. The number of anilines is 1. The van der Waals surface area contributed by atoms with Crippen molar-refractivity contribution in [3.05, 3.63) is 84.9 Å². The van der Waals surface area contributed by atoms with Gasteiger partial charge in [-0.1, -0.05) is 42.5 Å². The summed E-state index contributed by atoms with van der Waals surface area (Å²) in [7, 11) is 1.57. The number of nitrogens with zero attached hydrogens (tertiary/aromatic N) is 1. The van der Waals surface area contributed by atoms with E-state index in [9.17, 15) is 4.79 Å². The number of methoxy groups -OCH3 is 1. The van der Waals surface area contributed by atoms with Crippen LogP contribution in [-0.4, -0.2) is 18.0 Å². The van der Waals surface area contributed by atoms with Crippen molar-refractivity contribution < 1.29 is 13.9 Å². The quantitative estimate of drug-likeness (QED) is 0.493. The van der Waals surface area contributed by atoms with Crippen LogP contribution in [-0.2, 0) is 4.79 Å². The van der Waals surface area contributed by atoms with Gasteiger partial charge in [-0.15, -0.1) is 0 Å². The van der Waals surface area contributed by atoms with Crippen LogP contribution in [0.15, 0.2) is 83.7 Å². The number of hydrogen-bond acceptors (Lipinski definition) is 4. The smallest absolute Gasteiger partial charge is 0.248 e. The molecule has 0 aliphatic heterocycles. The number of amides is 1. The maximum Gasteiger partial charge on any atom is 0.248 e. The predicted octanol–water partition coefficient (Wildman–Crippen LogP) is 5.16. The summed E-state index contributed by atoms with van der Waals surface area (Å²) in [6.07, 6.45) is 6.32. The van der Waals surface area contributed by atoms with Crippen LogP contribution in [0, 0.1) is 0 Å². The zero-order valence-electron chi connectivity index (χ0n) is 15.3. The standard InChI is InChI=1S/C23H18N2O3/c1-27-21-13-18(10-11-20(21)22-14-24-15-28-22)25-23(26)12-9-17-7-4-6-16-5-2-3-8-19(16)17/h2-15H,1H3,(H,25,26)/b12-9+. The highest BCUT2D eigenvalue weighted by molar-refractivity contribution is 6.03. The molecule has 5 nitrogen and oxygen atoms in total. The van der Waals surface area contributed by atoms with Crippen LogP contribution in [0.4, 0.5) is 5.69 Å². The molecule has 0 aliphatic carbocycles. The lowest BCUT2D eigenvalue weighted by atomic mass is 10.0. The summed E-state index contributed by atoms with van der Waals surface area (Å²) >= 11 is 0. The SMILES string of the molecule is COc1cc(NC(=O)/C=C/c2cccc3ccccc23)ccc1-c1cnco1. The molecule has 0 unspecified atom stereocenters. The number of aromatic nitrogens is 1. The lowest BCUT2D eigenvalue weighted by Crippen LogP contribution is -2.07. The van der Waals surface area contributed by atoms with Crippen LogP contribution < -0.4 is 10.1 Å². The van der Waals surface area contributed by atoms with Crippen molar-refractivity contribution in [1.82, 2.24) is 4.98 Å². The van der Waals surface area contributed by atoms with Gasteiger partial charge in [0.05, 0.1) is 18.9 Å². The average molecular weight is 370 g/mol. The maximum atomic E-state index is 12.4. The lowest BCUT2D eigenvalue weighted by Gasteiger charge is -2.09. The van der Waals surface area contributed by atoms with E-state index >= 15 is 0 Å². The van der Waals surface area contributed by atoms with E-state index in [0.717, 1.165) is 21.9 Å². The van der Waals surface area contributed by atoms with Crippen LogP contribution in [0.25, 0.3) is 28.2 Å². The highest BCUT2D eigenvalue weighted by Gasteiger charge is 2.10. The van der Waals surface area contributed by atoms with Gasteiger partial charge < -0.3 is 14.5 Å². The van der Waals surface area contributed by atoms with Gasteiger partial charge in [0, 0.05) is 17.8 Å².